The van der Waals surface area contributed by atoms with E-state index in [-0.39, 0.29) is 18.9 Å². The van der Waals surface area contributed by atoms with E-state index >= 15 is 0 Å². The van der Waals surface area contributed by atoms with Gasteiger partial charge in [0.15, 0.2) is 0 Å². The fourth-order valence-electron chi connectivity index (χ4n) is 3.14. The van der Waals surface area contributed by atoms with E-state index in [1.165, 1.54) is 24.8 Å². The third-order valence-corrected chi connectivity index (χ3v) is 4.72. The third kappa shape index (κ3) is 3.14. The normalized spacial score (nSPS) is 24.7. The van der Waals surface area contributed by atoms with Crippen molar-refractivity contribution in [2.45, 2.75) is 43.6 Å². The molecule has 5 heteroatoms. The molecule has 1 saturated carbocycles. The lowest BCUT2D eigenvalue weighted by Gasteiger charge is -2.27. The van der Waals surface area contributed by atoms with Gasteiger partial charge in [-0.05, 0) is 42.9 Å². The van der Waals surface area contributed by atoms with Crippen molar-refractivity contribution in [1.82, 2.24) is 5.32 Å². The van der Waals surface area contributed by atoms with E-state index in [0.717, 1.165) is 0 Å². The number of carboxylic acid groups (broad SMARTS) is 1. The molecule has 1 heterocycles. The molecule has 1 aliphatic carbocycles. The molecule has 1 saturated heterocycles. The third-order valence-electron chi connectivity index (χ3n) is 4.72. The first-order valence-corrected chi connectivity index (χ1v) is 7.80. The van der Waals surface area contributed by atoms with Gasteiger partial charge in [-0.15, -0.1) is 0 Å². The van der Waals surface area contributed by atoms with Gasteiger partial charge in [0, 0.05) is 12.2 Å². The van der Waals surface area contributed by atoms with Crippen molar-refractivity contribution in [2.75, 3.05) is 13.2 Å². The Bertz CT molecular complexity index is 557. The highest BCUT2D eigenvalue weighted by molar-refractivity contribution is 5.95. The first kappa shape index (κ1) is 15.0. The molecule has 0 aromatic heterocycles. The fraction of sp³-hybridized carbons (Fsp3) is 0.529. The Hall–Kier alpha value is -1.88. The minimum atomic E-state index is -0.925. The van der Waals surface area contributed by atoms with Crippen LogP contribution < -0.4 is 5.32 Å². The summed E-state index contributed by atoms with van der Waals surface area (Å²) in [4.78, 5) is 23.4. The number of amides is 1. The van der Waals surface area contributed by atoms with Gasteiger partial charge >= 0.3 is 5.97 Å². The molecule has 1 aromatic rings. The molecule has 0 radical (unpaired) electrons. The van der Waals surface area contributed by atoms with E-state index in [9.17, 15) is 9.59 Å². The highest BCUT2D eigenvalue weighted by atomic mass is 16.5. The Balaban J connectivity index is 1.68. The first-order valence-electron chi connectivity index (χ1n) is 7.80. The van der Waals surface area contributed by atoms with Crippen molar-refractivity contribution in [2.24, 2.45) is 0 Å². The quantitative estimate of drug-likeness (QED) is 0.875. The molecule has 1 aliphatic heterocycles. The summed E-state index contributed by atoms with van der Waals surface area (Å²) in [6.45, 7) is 0.735. The molecule has 0 spiro atoms. The van der Waals surface area contributed by atoms with Crippen molar-refractivity contribution >= 4 is 11.9 Å². The largest absolute Gasteiger partial charge is 0.481 e. The molecular weight excluding hydrogens is 282 g/mol. The monoisotopic (exact) mass is 303 g/mol. The van der Waals surface area contributed by atoms with Crippen molar-refractivity contribution in [3.05, 3.63) is 35.4 Å². The Morgan fingerprint density at radius 1 is 1.27 bits per heavy atom. The Kier molecular flexibility index (Phi) is 4.16. The minimum Gasteiger partial charge on any atom is -0.481 e. The fourth-order valence-corrected chi connectivity index (χ4v) is 3.14. The van der Waals surface area contributed by atoms with E-state index in [1.54, 1.807) is 0 Å². The SMILES string of the molecule is O=C(O)CC1(NC(=O)c2ccc(C3CCC3)cc2)CCOC1. The van der Waals surface area contributed by atoms with Gasteiger partial charge in [0.2, 0.25) is 0 Å². The maximum absolute atomic E-state index is 12.4. The van der Waals surface area contributed by atoms with Crippen molar-refractivity contribution in [3.8, 4) is 0 Å². The summed E-state index contributed by atoms with van der Waals surface area (Å²) in [6, 6.07) is 7.67. The number of carbonyl (C=O) groups is 2. The maximum atomic E-state index is 12.4. The number of aliphatic carboxylic acids is 1. The average Bonchev–Trinajstić information content (AvgIpc) is 2.84. The van der Waals surface area contributed by atoms with Crippen LogP contribution >= 0.6 is 0 Å². The zero-order valence-electron chi connectivity index (χ0n) is 12.5. The summed E-state index contributed by atoms with van der Waals surface area (Å²) >= 11 is 0. The lowest BCUT2D eigenvalue weighted by atomic mass is 9.80. The summed E-state index contributed by atoms with van der Waals surface area (Å²) < 4.78 is 5.29. The second-order valence-corrected chi connectivity index (χ2v) is 6.36. The lowest BCUT2D eigenvalue weighted by Crippen LogP contribution is -2.50. The van der Waals surface area contributed by atoms with Gasteiger partial charge in [0.1, 0.15) is 0 Å². The van der Waals surface area contributed by atoms with Crippen LogP contribution in [0.3, 0.4) is 0 Å². The van der Waals surface area contributed by atoms with Crippen LogP contribution in [0.25, 0.3) is 0 Å². The van der Waals surface area contributed by atoms with Crippen molar-refractivity contribution in [3.63, 3.8) is 0 Å². The standard InChI is InChI=1S/C17H21NO4/c19-15(20)10-17(8-9-22-11-17)18-16(21)14-6-4-13(5-7-14)12-2-1-3-12/h4-7,12H,1-3,8-11H2,(H,18,21)(H,19,20). The van der Waals surface area contributed by atoms with Gasteiger partial charge in [-0.1, -0.05) is 18.6 Å². The zero-order chi connectivity index (χ0) is 15.6. The highest BCUT2D eigenvalue weighted by Gasteiger charge is 2.38. The number of hydrogen-bond acceptors (Lipinski definition) is 3. The van der Waals surface area contributed by atoms with Crippen LogP contribution in [-0.2, 0) is 9.53 Å². The molecular formula is C17H21NO4. The molecule has 0 bridgehead atoms. The van der Waals surface area contributed by atoms with Crippen LogP contribution in [0.15, 0.2) is 24.3 Å². The van der Waals surface area contributed by atoms with Crippen LogP contribution in [0.5, 0.6) is 0 Å². The maximum Gasteiger partial charge on any atom is 0.305 e. The van der Waals surface area contributed by atoms with Gasteiger partial charge in [0.05, 0.1) is 18.6 Å². The molecule has 1 atom stereocenters. The number of rotatable bonds is 5. The number of carbonyl (C=O) groups excluding carboxylic acids is 1. The van der Waals surface area contributed by atoms with Crippen molar-refractivity contribution < 1.29 is 19.4 Å². The summed E-state index contributed by atoms with van der Waals surface area (Å²) in [5, 5.41) is 11.9. The number of ether oxygens (including phenoxy) is 1. The second-order valence-electron chi connectivity index (χ2n) is 6.36. The molecule has 2 N–H and O–H groups in total. The summed E-state index contributed by atoms with van der Waals surface area (Å²) in [5.74, 6) is -0.517. The van der Waals surface area contributed by atoms with E-state index < -0.39 is 11.5 Å². The minimum absolute atomic E-state index is 0.112. The molecule has 5 nitrogen and oxygen atoms in total. The molecule has 2 aliphatic rings. The van der Waals surface area contributed by atoms with Crippen LogP contribution in [-0.4, -0.2) is 35.7 Å². The van der Waals surface area contributed by atoms with Crippen LogP contribution in [0.2, 0.25) is 0 Å². The zero-order valence-corrected chi connectivity index (χ0v) is 12.5. The topological polar surface area (TPSA) is 75.6 Å². The summed E-state index contributed by atoms with van der Waals surface area (Å²) in [5.41, 5.74) is 1.07. The van der Waals surface area contributed by atoms with E-state index in [2.05, 4.69) is 5.32 Å². The van der Waals surface area contributed by atoms with Crippen LogP contribution in [0.4, 0.5) is 0 Å². The highest BCUT2D eigenvalue weighted by Crippen LogP contribution is 2.36. The number of carboxylic acids is 1. The first-order chi connectivity index (χ1) is 10.6. The Labute approximate surface area is 129 Å². The summed E-state index contributed by atoms with van der Waals surface area (Å²) in [6.07, 6.45) is 4.16. The second kappa shape index (κ2) is 6.08. The van der Waals surface area contributed by atoms with Crippen LogP contribution in [0, 0.1) is 0 Å². The molecule has 1 aromatic carbocycles. The van der Waals surface area contributed by atoms with Gasteiger partial charge in [-0.3, -0.25) is 9.59 Å². The average molecular weight is 303 g/mol. The molecule has 22 heavy (non-hydrogen) atoms. The van der Waals surface area contributed by atoms with Gasteiger partial charge in [0.25, 0.3) is 5.91 Å². The number of nitrogens with one attached hydrogen (secondary N) is 1. The van der Waals surface area contributed by atoms with E-state index in [0.29, 0.717) is 24.5 Å². The molecule has 1 amide bonds. The molecule has 3 rings (SSSR count). The van der Waals surface area contributed by atoms with Crippen LogP contribution in [0.1, 0.15) is 53.9 Å². The Morgan fingerprint density at radius 3 is 2.50 bits per heavy atom. The molecule has 1 unspecified atom stereocenters. The van der Waals surface area contributed by atoms with Gasteiger partial charge in [-0.2, -0.15) is 0 Å². The van der Waals surface area contributed by atoms with Crippen molar-refractivity contribution in [1.29, 1.82) is 0 Å². The predicted molar refractivity (Wildman–Crippen MR) is 80.9 cm³/mol. The van der Waals surface area contributed by atoms with E-state index in [4.69, 9.17) is 9.84 Å². The van der Waals surface area contributed by atoms with Gasteiger partial charge in [-0.25, -0.2) is 0 Å². The number of benzene rings is 1. The lowest BCUT2D eigenvalue weighted by molar-refractivity contribution is -0.138. The number of hydrogen-bond donors (Lipinski definition) is 2. The predicted octanol–water partition coefficient (Wildman–Crippen LogP) is 2.32. The van der Waals surface area contributed by atoms with E-state index in [1.807, 2.05) is 24.3 Å². The van der Waals surface area contributed by atoms with Gasteiger partial charge < -0.3 is 15.2 Å². The molecule has 118 valence electrons. The Morgan fingerprint density at radius 2 is 2.00 bits per heavy atom. The smallest absolute Gasteiger partial charge is 0.305 e. The molecule has 2 fully saturated rings. The summed E-state index contributed by atoms with van der Waals surface area (Å²) in [7, 11) is 0.